The Morgan fingerprint density at radius 1 is 1.29 bits per heavy atom. The van der Waals surface area contributed by atoms with Crippen molar-refractivity contribution in [2.75, 3.05) is 19.3 Å². The van der Waals surface area contributed by atoms with E-state index in [-0.39, 0.29) is 11.3 Å². The summed E-state index contributed by atoms with van der Waals surface area (Å²) in [6.07, 6.45) is 2.21. The van der Waals surface area contributed by atoms with E-state index in [1.807, 2.05) is 12.1 Å². The summed E-state index contributed by atoms with van der Waals surface area (Å²) in [7, 11) is 1.55. The van der Waals surface area contributed by atoms with E-state index in [0.29, 0.717) is 19.0 Å². The minimum atomic E-state index is -0.920. The van der Waals surface area contributed by atoms with Crippen molar-refractivity contribution in [1.82, 2.24) is 9.88 Å². The number of anilines is 1. The van der Waals surface area contributed by atoms with Crippen LogP contribution in [0.2, 0.25) is 0 Å². The van der Waals surface area contributed by atoms with Crippen LogP contribution in [-0.2, 0) is 6.42 Å². The lowest BCUT2D eigenvalue weighted by Crippen LogP contribution is -2.30. The van der Waals surface area contributed by atoms with Gasteiger partial charge in [0.05, 0.1) is 11.3 Å². The number of halogens is 2. The molecule has 0 fully saturated rings. The number of nitrogen functional groups attached to an aromatic ring is 1. The van der Waals surface area contributed by atoms with Crippen LogP contribution in [0.5, 0.6) is 0 Å². The first-order chi connectivity index (χ1) is 9.99. The zero-order valence-corrected chi connectivity index (χ0v) is 11.5. The highest BCUT2D eigenvalue weighted by Crippen LogP contribution is 2.18. The summed E-state index contributed by atoms with van der Waals surface area (Å²) >= 11 is 0. The Morgan fingerprint density at radius 2 is 2.05 bits per heavy atom. The second-order valence-electron chi connectivity index (χ2n) is 4.65. The number of benzene rings is 1. The molecule has 0 spiro atoms. The number of rotatable bonds is 4. The smallest absolute Gasteiger partial charge is 0.256 e. The molecule has 0 aliphatic rings. The molecular formula is C15H15F2N3O. The molecule has 21 heavy (non-hydrogen) atoms. The summed E-state index contributed by atoms with van der Waals surface area (Å²) in [5.74, 6) is -2.34. The van der Waals surface area contributed by atoms with Crippen LogP contribution in [0.15, 0.2) is 36.5 Å². The average Bonchev–Trinajstić information content (AvgIpc) is 2.49. The van der Waals surface area contributed by atoms with Gasteiger partial charge in [-0.3, -0.25) is 9.78 Å². The maximum Gasteiger partial charge on any atom is 0.256 e. The van der Waals surface area contributed by atoms with Crippen LogP contribution in [0.4, 0.5) is 14.5 Å². The third kappa shape index (κ3) is 3.53. The molecule has 0 aliphatic heterocycles. The van der Waals surface area contributed by atoms with Gasteiger partial charge in [-0.05, 0) is 18.2 Å². The first kappa shape index (κ1) is 14.9. The number of nitrogens with zero attached hydrogens (tertiary/aromatic N) is 2. The van der Waals surface area contributed by atoms with Gasteiger partial charge in [-0.1, -0.05) is 6.07 Å². The number of carbonyl (C=O) groups excluding carboxylic acids is 1. The first-order valence-corrected chi connectivity index (χ1v) is 6.39. The summed E-state index contributed by atoms with van der Waals surface area (Å²) < 4.78 is 26.7. The van der Waals surface area contributed by atoms with Gasteiger partial charge in [0.25, 0.3) is 5.91 Å². The van der Waals surface area contributed by atoms with E-state index in [1.54, 1.807) is 19.3 Å². The maximum atomic E-state index is 13.6. The van der Waals surface area contributed by atoms with Crippen LogP contribution in [-0.4, -0.2) is 29.4 Å². The van der Waals surface area contributed by atoms with Crippen molar-refractivity contribution in [3.05, 3.63) is 59.4 Å². The summed E-state index contributed by atoms with van der Waals surface area (Å²) in [5, 5.41) is 0. The Balaban J connectivity index is 2.07. The highest BCUT2D eigenvalue weighted by Gasteiger charge is 2.18. The molecular weight excluding hydrogens is 276 g/mol. The molecule has 1 heterocycles. The monoisotopic (exact) mass is 291 g/mol. The van der Waals surface area contributed by atoms with E-state index < -0.39 is 17.5 Å². The quantitative estimate of drug-likeness (QED) is 0.879. The predicted octanol–water partition coefficient (Wildman–Crippen LogP) is 2.26. The standard InChI is InChI=1S/C15H15F2N3O/c1-20(7-5-10-4-2-3-6-19-10)15(21)11-8-14(18)13(17)9-12(11)16/h2-4,6,8-9H,5,7,18H2,1H3. The molecule has 110 valence electrons. The van der Waals surface area contributed by atoms with Crippen molar-refractivity contribution < 1.29 is 13.6 Å². The molecule has 2 rings (SSSR count). The molecule has 2 N–H and O–H groups in total. The second kappa shape index (κ2) is 6.30. The molecule has 0 saturated heterocycles. The Bertz CT molecular complexity index is 647. The molecule has 0 atom stereocenters. The highest BCUT2D eigenvalue weighted by molar-refractivity contribution is 5.95. The van der Waals surface area contributed by atoms with Gasteiger partial charge in [0.1, 0.15) is 11.6 Å². The first-order valence-electron chi connectivity index (χ1n) is 6.39. The number of hydrogen-bond acceptors (Lipinski definition) is 3. The van der Waals surface area contributed by atoms with Crippen LogP contribution in [0.3, 0.4) is 0 Å². The van der Waals surface area contributed by atoms with Gasteiger partial charge >= 0.3 is 0 Å². The molecule has 0 aliphatic carbocycles. The second-order valence-corrected chi connectivity index (χ2v) is 4.65. The van der Waals surface area contributed by atoms with E-state index in [0.717, 1.165) is 11.8 Å². The van der Waals surface area contributed by atoms with Crippen LogP contribution in [0, 0.1) is 11.6 Å². The number of nitrogens with two attached hydrogens (primary N) is 1. The predicted molar refractivity (Wildman–Crippen MR) is 75.7 cm³/mol. The van der Waals surface area contributed by atoms with Gasteiger partial charge in [-0.2, -0.15) is 0 Å². The zero-order chi connectivity index (χ0) is 15.4. The van der Waals surface area contributed by atoms with E-state index in [4.69, 9.17) is 5.73 Å². The molecule has 0 unspecified atom stereocenters. The fraction of sp³-hybridized carbons (Fsp3) is 0.200. The lowest BCUT2D eigenvalue weighted by atomic mass is 10.1. The van der Waals surface area contributed by atoms with Crippen molar-refractivity contribution in [2.24, 2.45) is 0 Å². The molecule has 1 amide bonds. The summed E-state index contributed by atoms with van der Waals surface area (Å²) in [6.45, 7) is 0.368. The van der Waals surface area contributed by atoms with Gasteiger partial charge in [0.15, 0.2) is 0 Å². The topological polar surface area (TPSA) is 59.2 Å². The number of carbonyl (C=O) groups is 1. The molecule has 0 saturated carbocycles. The number of pyridine rings is 1. The summed E-state index contributed by atoms with van der Waals surface area (Å²) in [5.41, 5.74) is 5.71. The van der Waals surface area contributed by atoms with Crippen molar-refractivity contribution in [2.45, 2.75) is 6.42 Å². The molecule has 6 heteroatoms. The Kier molecular flexibility index (Phi) is 4.47. The van der Waals surface area contributed by atoms with Crippen molar-refractivity contribution in [3.8, 4) is 0 Å². The van der Waals surface area contributed by atoms with Gasteiger partial charge in [-0.15, -0.1) is 0 Å². The van der Waals surface area contributed by atoms with Crippen LogP contribution >= 0.6 is 0 Å². The average molecular weight is 291 g/mol. The lowest BCUT2D eigenvalue weighted by molar-refractivity contribution is 0.0791. The molecule has 1 aromatic heterocycles. The lowest BCUT2D eigenvalue weighted by Gasteiger charge is -2.17. The molecule has 0 radical (unpaired) electrons. The third-order valence-corrected chi connectivity index (χ3v) is 3.09. The van der Waals surface area contributed by atoms with Crippen LogP contribution in [0.1, 0.15) is 16.1 Å². The van der Waals surface area contributed by atoms with Gasteiger partial charge in [0, 0.05) is 38.0 Å². The van der Waals surface area contributed by atoms with Crippen LogP contribution < -0.4 is 5.73 Å². The zero-order valence-electron chi connectivity index (χ0n) is 11.5. The SMILES string of the molecule is CN(CCc1ccccn1)C(=O)c1cc(N)c(F)cc1F. The molecule has 0 bridgehead atoms. The number of amides is 1. The summed E-state index contributed by atoms with van der Waals surface area (Å²) in [4.78, 5) is 17.6. The van der Waals surface area contributed by atoms with Crippen LogP contribution in [0.25, 0.3) is 0 Å². The van der Waals surface area contributed by atoms with E-state index in [9.17, 15) is 13.6 Å². The largest absolute Gasteiger partial charge is 0.396 e. The van der Waals surface area contributed by atoms with Gasteiger partial charge in [-0.25, -0.2) is 8.78 Å². The third-order valence-electron chi connectivity index (χ3n) is 3.09. The molecule has 1 aromatic carbocycles. The van der Waals surface area contributed by atoms with E-state index >= 15 is 0 Å². The number of hydrogen-bond donors (Lipinski definition) is 1. The van der Waals surface area contributed by atoms with E-state index in [2.05, 4.69) is 4.98 Å². The number of likely N-dealkylation sites (N-methyl/N-ethyl adjacent to an activating group) is 1. The fourth-order valence-electron chi connectivity index (χ4n) is 1.87. The molecule has 4 nitrogen and oxygen atoms in total. The minimum absolute atomic E-state index is 0.238. The minimum Gasteiger partial charge on any atom is -0.396 e. The highest BCUT2D eigenvalue weighted by atomic mass is 19.1. The van der Waals surface area contributed by atoms with Gasteiger partial charge in [0.2, 0.25) is 0 Å². The van der Waals surface area contributed by atoms with Crippen molar-refractivity contribution in [1.29, 1.82) is 0 Å². The Hall–Kier alpha value is -2.50. The Labute approximate surface area is 121 Å². The molecule has 2 aromatic rings. The van der Waals surface area contributed by atoms with E-state index in [1.165, 1.54) is 4.90 Å². The maximum absolute atomic E-state index is 13.6. The van der Waals surface area contributed by atoms with Crippen molar-refractivity contribution >= 4 is 11.6 Å². The van der Waals surface area contributed by atoms with Gasteiger partial charge < -0.3 is 10.6 Å². The normalized spacial score (nSPS) is 10.4. The Morgan fingerprint density at radius 3 is 2.71 bits per heavy atom. The van der Waals surface area contributed by atoms with Crippen molar-refractivity contribution in [3.63, 3.8) is 0 Å². The fourth-order valence-corrected chi connectivity index (χ4v) is 1.87. The number of aromatic nitrogens is 1. The summed E-state index contributed by atoms with van der Waals surface area (Å²) in [6, 6.07) is 7.13.